The minimum Gasteiger partial charge on any atom is -0.381 e. The summed E-state index contributed by atoms with van der Waals surface area (Å²) in [5.74, 6) is 0.184. The van der Waals surface area contributed by atoms with Gasteiger partial charge >= 0.3 is 0 Å². The van der Waals surface area contributed by atoms with Gasteiger partial charge in [0.1, 0.15) is 6.04 Å². The summed E-state index contributed by atoms with van der Waals surface area (Å²) in [5.41, 5.74) is 0.363. The fraction of sp³-hybridized carbons (Fsp3) is 0.529. The van der Waals surface area contributed by atoms with Crippen molar-refractivity contribution in [1.29, 1.82) is 0 Å². The lowest BCUT2D eigenvalue weighted by Crippen LogP contribution is -2.45. The minimum atomic E-state index is -0.619. The number of rotatable bonds is 9. The zero-order valence-corrected chi connectivity index (χ0v) is 14.1. The Morgan fingerprint density at radius 3 is 2.78 bits per heavy atom. The molecule has 1 aromatic carbocycles. The molecular formula is C17H23ClN2O3. The molecule has 0 bridgehead atoms. The normalized spacial score (nSPS) is 15.0. The van der Waals surface area contributed by atoms with E-state index in [1.54, 1.807) is 31.2 Å². The lowest BCUT2D eigenvalue weighted by atomic mass is 10.2. The maximum Gasteiger partial charge on any atom is 0.253 e. The lowest BCUT2D eigenvalue weighted by Gasteiger charge is -2.14. The Kier molecular flexibility index (Phi) is 6.86. The number of nitrogens with one attached hydrogen (secondary N) is 2. The van der Waals surface area contributed by atoms with Crippen LogP contribution in [0.25, 0.3) is 0 Å². The van der Waals surface area contributed by atoms with Crippen molar-refractivity contribution in [1.82, 2.24) is 10.6 Å². The zero-order valence-electron chi connectivity index (χ0n) is 13.3. The Bertz CT molecular complexity index is 546. The van der Waals surface area contributed by atoms with Crippen LogP contribution in [-0.2, 0) is 9.53 Å². The highest BCUT2D eigenvalue weighted by Gasteiger charge is 2.21. The van der Waals surface area contributed by atoms with Gasteiger partial charge in [0.05, 0.1) is 10.6 Å². The highest BCUT2D eigenvalue weighted by molar-refractivity contribution is 6.33. The molecule has 0 aromatic heterocycles. The van der Waals surface area contributed by atoms with Gasteiger partial charge in [-0.05, 0) is 44.2 Å². The standard InChI is InChI=1S/C17H23ClN2O3/c1-12(20-17(22)14-5-2-3-6-15(14)18)16(21)19-9-4-10-23-11-13-7-8-13/h2-3,5-6,12-13H,4,7-11H2,1H3,(H,19,21)(H,20,22)/t12-/m0/s1. The van der Waals surface area contributed by atoms with Gasteiger partial charge in [-0.3, -0.25) is 9.59 Å². The molecule has 0 saturated heterocycles. The van der Waals surface area contributed by atoms with Gasteiger partial charge < -0.3 is 15.4 Å². The number of ether oxygens (including phenoxy) is 1. The Hall–Kier alpha value is -1.59. The molecule has 2 rings (SSSR count). The van der Waals surface area contributed by atoms with Crippen LogP contribution in [0.15, 0.2) is 24.3 Å². The van der Waals surface area contributed by atoms with Crippen molar-refractivity contribution in [2.24, 2.45) is 5.92 Å². The second-order valence-corrected chi connectivity index (χ2v) is 6.25. The van der Waals surface area contributed by atoms with Crippen LogP contribution < -0.4 is 10.6 Å². The van der Waals surface area contributed by atoms with Crippen LogP contribution in [0, 0.1) is 5.92 Å². The highest BCUT2D eigenvalue weighted by Crippen LogP contribution is 2.28. The van der Waals surface area contributed by atoms with Crippen LogP contribution in [0.2, 0.25) is 5.02 Å². The van der Waals surface area contributed by atoms with Crippen LogP contribution >= 0.6 is 11.6 Å². The molecule has 0 spiro atoms. The molecule has 126 valence electrons. The van der Waals surface area contributed by atoms with Crippen molar-refractivity contribution in [2.45, 2.75) is 32.2 Å². The van der Waals surface area contributed by atoms with Gasteiger partial charge in [-0.15, -0.1) is 0 Å². The summed E-state index contributed by atoms with van der Waals surface area (Å²) >= 11 is 5.97. The van der Waals surface area contributed by atoms with E-state index in [1.165, 1.54) is 12.8 Å². The maximum atomic E-state index is 12.1. The first kappa shape index (κ1) is 17.8. The molecule has 0 radical (unpaired) electrons. The van der Waals surface area contributed by atoms with Crippen LogP contribution in [0.1, 0.15) is 36.5 Å². The summed E-state index contributed by atoms with van der Waals surface area (Å²) in [5, 5.41) is 5.80. The van der Waals surface area contributed by atoms with E-state index in [4.69, 9.17) is 16.3 Å². The van der Waals surface area contributed by atoms with Crippen molar-refractivity contribution < 1.29 is 14.3 Å². The number of hydrogen-bond donors (Lipinski definition) is 2. The summed E-state index contributed by atoms with van der Waals surface area (Å²) in [6.07, 6.45) is 3.32. The summed E-state index contributed by atoms with van der Waals surface area (Å²) in [7, 11) is 0. The summed E-state index contributed by atoms with van der Waals surface area (Å²) in [6.45, 7) is 3.67. The molecule has 1 fully saturated rings. The van der Waals surface area contributed by atoms with Crippen molar-refractivity contribution in [3.05, 3.63) is 34.9 Å². The molecule has 1 aliphatic rings. The SMILES string of the molecule is C[C@H](NC(=O)c1ccccc1Cl)C(=O)NCCCOCC1CC1. The Morgan fingerprint density at radius 1 is 1.35 bits per heavy atom. The van der Waals surface area contributed by atoms with E-state index in [2.05, 4.69) is 10.6 Å². The molecular weight excluding hydrogens is 316 g/mol. The number of hydrogen-bond acceptors (Lipinski definition) is 3. The molecule has 23 heavy (non-hydrogen) atoms. The van der Waals surface area contributed by atoms with Gasteiger partial charge in [0, 0.05) is 19.8 Å². The fourth-order valence-electron chi connectivity index (χ4n) is 2.06. The Labute approximate surface area is 141 Å². The van der Waals surface area contributed by atoms with Gasteiger partial charge in [0.25, 0.3) is 5.91 Å². The third kappa shape index (κ3) is 6.20. The number of carbonyl (C=O) groups is 2. The second kappa shape index (κ2) is 8.89. The van der Waals surface area contributed by atoms with Crippen molar-refractivity contribution in [3.8, 4) is 0 Å². The van der Waals surface area contributed by atoms with Crippen LogP contribution in [0.3, 0.4) is 0 Å². The molecule has 1 saturated carbocycles. The molecule has 0 unspecified atom stereocenters. The molecule has 0 heterocycles. The average molecular weight is 339 g/mol. The molecule has 6 heteroatoms. The van der Waals surface area contributed by atoms with E-state index in [0.29, 0.717) is 23.7 Å². The molecule has 1 atom stereocenters. The third-order valence-corrected chi connectivity index (χ3v) is 4.00. The van der Waals surface area contributed by atoms with Crippen molar-refractivity contribution >= 4 is 23.4 Å². The molecule has 2 N–H and O–H groups in total. The minimum absolute atomic E-state index is 0.215. The first-order valence-corrected chi connectivity index (χ1v) is 8.36. The highest BCUT2D eigenvalue weighted by atomic mass is 35.5. The topological polar surface area (TPSA) is 67.4 Å². The molecule has 0 aliphatic heterocycles. The van der Waals surface area contributed by atoms with Crippen molar-refractivity contribution in [2.75, 3.05) is 19.8 Å². The molecule has 2 amide bonds. The average Bonchev–Trinajstić information content (AvgIpc) is 3.35. The smallest absolute Gasteiger partial charge is 0.253 e. The van der Waals surface area contributed by atoms with Gasteiger partial charge in [-0.2, -0.15) is 0 Å². The molecule has 1 aliphatic carbocycles. The first-order valence-electron chi connectivity index (χ1n) is 7.98. The third-order valence-electron chi connectivity index (χ3n) is 3.67. The van der Waals surface area contributed by atoms with Gasteiger partial charge in [0.2, 0.25) is 5.91 Å². The fourth-order valence-corrected chi connectivity index (χ4v) is 2.28. The van der Waals surface area contributed by atoms with Crippen LogP contribution in [0.4, 0.5) is 0 Å². The maximum absolute atomic E-state index is 12.1. The monoisotopic (exact) mass is 338 g/mol. The molecule has 1 aromatic rings. The van der Waals surface area contributed by atoms with E-state index in [0.717, 1.165) is 18.9 Å². The van der Waals surface area contributed by atoms with E-state index in [9.17, 15) is 9.59 Å². The van der Waals surface area contributed by atoms with E-state index < -0.39 is 6.04 Å². The predicted octanol–water partition coefficient (Wildman–Crippen LogP) is 2.39. The van der Waals surface area contributed by atoms with Gasteiger partial charge in [0.15, 0.2) is 0 Å². The summed E-state index contributed by atoms with van der Waals surface area (Å²) in [6, 6.07) is 6.13. The lowest BCUT2D eigenvalue weighted by molar-refractivity contribution is -0.122. The largest absolute Gasteiger partial charge is 0.381 e. The number of carbonyl (C=O) groups excluding carboxylic acids is 2. The Balaban J connectivity index is 1.63. The van der Waals surface area contributed by atoms with E-state index in [-0.39, 0.29) is 11.8 Å². The second-order valence-electron chi connectivity index (χ2n) is 5.84. The quantitative estimate of drug-likeness (QED) is 0.679. The first-order chi connectivity index (χ1) is 11.1. The van der Waals surface area contributed by atoms with Crippen molar-refractivity contribution in [3.63, 3.8) is 0 Å². The predicted molar refractivity (Wildman–Crippen MR) is 89.5 cm³/mol. The molecule has 5 nitrogen and oxygen atoms in total. The van der Waals surface area contributed by atoms with Crippen LogP contribution in [-0.4, -0.2) is 37.6 Å². The number of benzene rings is 1. The number of amides is 2. The van der Waals surface area contributed by atoms with E-state index >= 15 is 0 Å². The van der Waals surface area contributed by atoms with Crippen LogP contribution in [0.5, 0.6) is 0 Å². The number of halogens is 1. The van der Waals surface area contributed by atoms with Gasteiger partial charge in [-0.25, -0.2) is 0 Å². The van der Waals surface area contributed by atoms with Gasteiger partial charge in [-0.1, -0.05) is 23.7 Å². The summed E-state index contributed by atoms with van der Waals surface area (Å²) in [4.78, 5) is 24.0. The zero-order chi connectivity index (χ0) is 16.7. The summed E-state index contributed by atoms with van der Waals surface area (Å²) < 4.78 is 5.50. The Morgan fingerprint density at radius 2 is 2.09 bits per heavy atom. The van der Waals surface area contributed by atoms with E-state index in [1.807, 2.05) is 0 Å².